The lowest BCUT2D eigenvalue weighted by Gasteiger charge is -2.07. The van der Waals surface area contributed by atoms with Crippen LogP contribution in [0.25, 0.3) is 0 Å². The van der Waals surface area contributed by atoms with E-state index < -0.39 is 5.97 Å². The van der Waals surface area contributed by atoms with Crippen LogP contribution >= 0.6 is 0 Å². The largest absolute Gasteiger partial charge is 0.492 e. The molecule has 0 aliphatic carbocycles. The minimum Gasteiger partial charge on any atom is -0.492 e. The van der Waals surface area contributed by atoms with Gasteiger partial charge in [-0.05, 0) is 48.5 Å². The maximum absolute atomic E-state index is 12.0. The number of nitrogens with two attached hydrogens (primary N) is 2. The molecule has 0 saturated carbocycles. The van der Waals surface area contributed by atoms with Crippen LogP contribution in [-0.4, -0.2) is 25.0 Å². The zero-order valence-corrected chi connectivity index (χ0v) is 11.9. The van der Waals surface area contributed by atoms with E-state index in [4.69, 9.17) is 26.4 Å². The first-order chi connectivity index (χ1) is 10.6. The van der Waals surface area contributed by atoms with Gasteiger partial charge in [-0.2, -0.15) is 0 Å². The highest BCUT2D eigenvalue weighted by molar-refractivity contribution is 5.95. The van der Waals surface area contributed by atoms with Gasteiger partial charge >= 0.3 is 5.97 Å². The Morgan fingerprint density at radius 1 is 0.955 bits per heavy atom. The molecule has 0 heterocycles. The van der Waals surface area contributed by atoms with Gasteiger partial charge in [0.1, 0.15) is 23.9 Å². The minimum absolute atomic E-state index is 0.0362. The summed E-state index contributed by atoms with van der Waals surface area (Å²) in [4.78, 5) is 12.0. The quantitative estimate of drug-likeness (QED) is 0.324. The van der Waals surface area contributed by atoms with Crippen molar-refractivity contribution < 1.29 is 14.3 Å². The number of nitrogens with one attached hydrogen (secondary N) is 1. The lowest BCUT2D eigenvalue weighted by atomic mass is 10.2. The Balaban J connectivity index is 2.00. The maximum atomic E-state index is 12.0. The Morgan fingerprint density at radius 3 is 2.05 bits per heavy atom. The smallest absolute Gasteiger partial charge is 0.343 e. The molecule has 0 aliphatic heterocycles. The minimum atomic E-state index is -0.471. The normalized spacial score (nSPS) is 10.0. The molecule has 6 heteroatoms. The first-order valence-electron chi connectivity index (χ1n) is 6.69. The second kappa shape index (κ2) is 7.24. The second-order valence-electron chi connectivity index (χ2n) is 4.49. The van der Waals surface area contributed by atoms with E-state index in [2.05, 4.69) is 0 Å². The number of carbonyl (C=O) groups excluding carboxylic acids is 1. The van der Waals surface area contributed by atoms with Crippen LogP contribution in [0.3, 0.4) is 0 Å². The van der Waals surface area contributed by atoms with Gasteiger partial charge in [0, 0.05) is 12.1 Å². The lowest BCUT2D eigenvalue weighted by molar-refractivity contribution is 0.0734. The van der Waals surface area contributed by atoms with Crippen LogP contribution in [0, 0.1) is 5.41 Å². The Kier molecular flexibility index (Phi) is 5.11. The molecule has 22 heavy (non-hydrogen) atoms. The molecule has 2 aromatic rings. The summed E-state index contributed by atoms with van der Waals surface area (Å²) in [6.45, 7) is 0.854. The molecular weight excluding hydrogens is 282 g/mol. The van der Waals surface area contributed by atoms with Crippen LogP contribution in [-0.2, 0) is 0 Å². The van der Waals surface area contributed by atoms with E-state index >= 15 is 0 Å². The number of hydrogen-bond acceptors (Lipinski definition) is 5. The Morgan fingerprint density at radius 2 is 1.50 bits per heavy atom. The van der Waals surface area contributed by atoms with Gasteiger partial charge in [0.05, 0.1) is 5.56 Å². The Hall–Kier alpha value is -2.86. The van der Waals surface area contributed by atoms with Gasteiger partial charge in [-0.25, -0.2) is 4.79 Å². The van der Waals surface area contributed by atoms with Crippen LogP contribution in [0.4, 0.5) is 0 Å². The van der Waals surface area contributed by atoms with E-state index in [9.17, 15) is 4.79 Å². The number of ether oxygens (including phenoxy) is 2. The van der Waals surface area contributed by atoms with Crippen molar-refractivity contribution in [2.45, 2.75) is 0 Å². The van der Waals surface area contributed by atoms with Crippen molar-refractivity contribution in [3.63, 3.8) is 0 Å². The molecular formula is C16H17N3O3. The number of nitrogen functional groups attached to an aromatic ring is 1. The second-order valence-corrected chi connectivity index (χ2v) is 4.49. The van der Waals surface area contributed by atoms with E-state index in [0.29, 0.717) is 35.8 Å². The number of amidine groups is 1. The molecule has 0 radical (unpaired) electrons. The Bertz CT molecular complexity index is 651. The molecule has 0 unspecified atom stereocenters. The third-order valence-corrected chi connectivity index (χ3v) is 2.85. The zero-order valence-electron chi connectivity index (χ0n) is 11.9. The molecule has 0 bridgehead atoms. The maximum Gasteiger partial charge on any atom is 0.343 e. The van der Waals surface area contributed by atoms with Crippen molar-refractivity contribution in [1.29, 1.82) is 5.41 Å². The fourth-order valence-electron chi connectivity index (χ4n) is 1.73. The predicted molar refractivity (Wildman–Crippen MR) is 83.4 cm³/mol. The first kappa shape index (κ1) is 15.5. The van der Waals surface area contributed by atoms with Crippen molar-refractivity contribution in [3.05, 3.63) is 59.7 Å². The molecule has 0 saturated heterocycles. The van der Waals surface area contributed by atoms with E-state index in [1.807, 2.05) is 0 Å². The van der Waals surface area contributed by atoms with Gasteiger partial charge in [0.15, 0.2) is 0 Å². The molecule has 0 spiro atoms. The summed E-state index contributed by atoms with van der Waals surface area (Å²) in [6, 6.07) is 13.0. The highest BCUT2D eigenvalue weighted by atomic mass is 16.5. The van der Waals surface area contributed by atoms with E-state index in [1.54, 1.807) is 48.5 Å². The summed E-state index contributed by atoms with van der Waals surface area (Å²) in [6.07, 6.45) is 0. The SMILES string of the molecule is N=C(N)c1ccc(OC(=O)c2ccc(OCCN)cc2)cc1. The molecule has 2 rings (SSSR count). The zero-order chi connectivity index (χ0) is 15.9. The van der Waals surface area contributed by atoms with Crippen LogP contribution < -0.4 is 20.9 Å². The van der Waals surface area contributed by atoms with Crippen molar-refractivity contribution in [3.8, 4) is 11.5 Å². The van der Waals surface area contributed by atoms with Crippen LogP contribution in [0.2, 0.25) is 0 Å². The Labute approximate surface area is 128 Å². The molecule has 5 N–H and O–H groups in total. The number of hydrogen-bond donors (Lipinski definition) is 3. The summed E-state index contributed by atoms with van der Waals surface area (Å²) in [5.74, 6) is 0.526. The van der Waals surface area contributed by atoms with Crippen molar-refractivity contribution in [2.75, 3.05) is 13.2 Å². The number of carbonyl (C=O) groups is 1. The third kappa shape index (κ3) is 4.07. The highest BCUT2D eigenvalue weighted by Crippen LogP contribution is 2.16. The van der Waals surface area contributed by atoms with Crippen molar-refractivity contribution in [2.24, 2.45) is 11.5 Å². The molecule has 0 amide bonds. The third-order valence-electron chi connectivity index (χ3n) is 2.85. The topological polar surface area (TPSA) is 111 Å². The van der Waals surface area contributed by atoms with E-state index in [0.717, 1.165) is 0 Å². The van der Waals surface area contributed by atoms with Gasteiger partial charge in [0.25, 0.3) is 0 Å². The summed E-state index contributed by atoms with van der Waals surface area (Å²) in [7, 11) is 0. The molecule has 0 fully saturated rings. The van der Waals surface area contributed by atoms with Gasteiger partial charge < -0.3 is 20.9 Å². The van der Waals surface area contributed by atoms with Crippen molar-refractivity contribution in [1.82, 2.24) is 0 Å². The lowest BCUT2D eigenvalue weighted by Crippen LogP contribution is -2.12. The fourth-order valence-corrected chi connectivity index (χ4v) is 1.73. The molecule has 114 valence electrons. The molecule has 0 atom stereocenters. The van der Waals surface area contributed by atoms with Gasteiger partial charge in [-0.15, -0.1) is 0 Å². The van der Waals surface area contributed by atoms with Crippen molar-refractivity contribution >= 4 is 11.8 Å². The standard InChI is InChI=1S/C16H17N3O3/c17-9-10-21-13-5-3-12(4-6-13)16(20)22-14-7-1-11(2-8-14)15(18)19/h1-8H,9-10,17H2,(H3,18,19). The van der Waals surface area contributed by atoms with Gasteiger partial charge in [-0.1, -0.05) is 0 Å². The van der Waals surface area contributed by atoms with Gasteiger partial charge in [-0.3, -0.25) is 5.41 Å². The summed E-state index contributed by atoms with van der Waals surface area (Å²) in [5, 5.41) is 7.30. The van der Waals surface area contributed by atoms with Gasteiger partial charge in [0.2, 0.25) is 0 Å². The van der Waals surface area contributed by atoms with E-state index in [1.165, 1.54) is 0 Å². The monoisotopic (exact) mass is 299 g/mol. The molecule has 0 aliphatic rings. The average Bonchev–Trinajstić information content (AvgIpc) is 2.54. The summed E-state index contributed by atoms with van der Waals surface area (Å²) < 4.78 is 10.6. The first-order valence-corrected chi connectivity index (χ1v) is 6.69. The highest BCUT2D eigenvalue weighted by Gasteiger charge is 2.09. The molecule has 6 nitrogen and oxygen atoms in total. The summed E-state index contributed by atoms with van der Waals surface area (Å²) >= 11 is 0. The van der Waals surface area contributed by atoms with Crippen LogP contribution in [0.5, 0.6) is 11.5 Å². The molecule has 0 aromatic heterocycles. The molecule has 2 aromatic carbocycles. The summed E-state index contributed by atoms with van der Waals surface area (Å²) in [5.41, 5.74) is 11.7. The van der Waals surface area contributed by atoms with Crippen LogP contribution in [0.1, 0.15) is 15.9 Å². The van der Waals surface area contributed by atoms with Crippen LogP contribution in [0.15, 0.2) is 48.5 Å². The average molecular weight is 299 g/mol. The van der Waals surface area contributed by atoms with E-state index in [-0.39, 0.29) is 5.84 Å². The number of rotatable bonds is 6. The predicted octanol–water partition coefficient (Wildman–Crippen LogP) is 1.53. The number of esters is 1. The fraction of sp³-hybridized carbons (Fsp3) is 0.125. The number of benzene rings is 2.